The number of unbranched alkanes of at least 4 members (excludes halogenated alkanes) is 2. The first-order chi connectivity index (χ1) is 20.8. The molecule has 2 aliphatic heterocycles. The van der Waals surface area contributed by atoms with Gasteiger partial charge in [-0.25, -0.2) is 9.18 Å². The summed E-state index contributed by atoms with van der Waals surface area (Å²) in [5.41, 5.74) is 1.11. The van der Waals surface area contributed by atoms with Crippen molar-refractivity contribution in [2.45, 2.75) is 63.0 Å². The number of likely N-dealkylation sites (tertiary alicyclic amines) is 1. The number of fused-ring (bicyclic) bond motifs is 1. The largest absolute Gasteiger partial charge is 0.490 e. The molecule has 2 aromatic rings. The van der Waals surface area contributed by atoms with Gasteiger partial charge in [-0.1, -0.05) is 12.5 Å². The van der Waals surface area contributed by atoms with E-state index in [0.29, 0.717) is 87.6 Å². The average Bonchev–Trinajstić information content (AvgIpc) is 3.40. The molecule has 1 amide bonds. The van der Waals surface area contributed by atoms with E-state index >= 15 is 0 Å². The minimum Gasteiger partial charge on any atom is -0.486 e. The molecule has 0 aromatic heterocycles. The number of amides is 1. The third-order valence-corrected chi connectivity index (χ3v) is 7.05. The average molecular weight is 629 g/mol. The van der Waals surface area contributed by atoms with Crippen LogP contribution in [-0.2, 0) is 9.59 Å². The molecule has 4 N–H and O–H groups in total. The van der Waals surface area contributed by atoms with Crippen LogP contribution in [0.1, 0.15) is 60.6 Å². The number of carboxylic acids is 1. The van der Waals surface area contributed by atoms with E-state index in [0.717, 1.165) is 0 Å². The Hall–Kier alpha value is -3.75. The number of carbonyl (C=O) groups excluding carboxylic acids is 2. The molecule has 44 heavy (non-hydrogen) atoms. The van der Waals surface area contributed by atoms with Crippen LogP contribution >= 0.6 is 0 Å². The minimum atomic E-state index is -5.08. The van der Waals surface area contributed by atoms with Crippen molar-refractivity contribution < 1.29 is 56.7 Å². The lowest BCUT2D eigenvalue weighted by atomic mass is 10.00. The van der Waals surface area contributed by atoms with Crippen molar-refractivity contribution in [3.8, 4) is 11.5 Å². The molecule has 0 spiro atoms. The van der Waals surface area contributed by atoms with Gasteiger partial charge in [0.15, 0.2) is 17.3 Å². The molecule has 0 radical (unpaired) electrons. The number of halogens is 4. The number of nitrogens with one attached hydrogen (secondary N) is 1. The van der Waals surface area contributed by atoms with Gasteiger partial charge >= 0.3 is 12.1 Å². The third kappa shape index (κ3) is 11.1. The number of Topliss-reactive ketones (excluding diaryl/α,β-unsaturated/α-hetero) is 1. The second-order valence-electron chi connectivity index (χ2n) is 10.5. The summed E-state index contributed by atoms with van der Waals surface area (Å²) < 4.78 is 56.0. The summed E-state index contributed by atoms with van der Waals surface area (Å²) in [6.07, 6.45) is -3.22. The second kappa shape index (κ2) is 16.4. The highest BCUT2D eigenvalue weighted by atomic mass is 19.4. The van der Waals surface area contributed by atoms with Gasteiger partial charge in [0.25, 0.3) is 0 Å². The third-order valence-electron chi connectivity index (χ3n) is 7.05. The zero-order chi connectivity index (χ0) is 32.3. The SMILES string of the molecule is O=C(CCCCCC(=O)c1ccc(F)cc1)NC(CN1CC[C@H](O)C1)[C@H](O)c1ccc2c(c1)OCCO2.O=C(O)C(F)(F)F. The van der Waals surface area contributed by atoms with Crippen LogP contribution in [-0.4, -0.2) is 89.0 Å². The van der Waals surface area contributed by atoms with E-state index in [1.54, 1.807) is 18.2 Å². The van der Waals surface area contributed by atoms with Crippen LogP contribution in [0.2, 0.25) is 0 Å². The monoisotopic (exact) mass is 628 g/mol. The number of ketones is 1. The molecule has 3 atom stereocenters. The number of alkyl halides is 3. The number of rotatable bonds is 12. The van der Waals surface area contributed by atoms with E-state index < -0.39 is 30.4 Å². The topological polar surface area (TPSA) is 146 Å². The molecule has 1 fully saturated rings. The number of β-amino-alcohol motifs (C(OH)–C–C–N with tert-alkyl or cyclic N) is 1. The molecular formula is C30H36F4N2O8. The fourth-order valence-electron chi connectivity index (χ4n) is 4.76. The minimum absolute atomic E-state index is 0.0418. The maximum absolute atomic E-state index is 13.0. The highest BCUT2D eigenvalue weighted by Gasteiger charge is 2.38. The van der Waals surface area contributed by atoms with Gasteiger partial charge < -0.3 is 30.1 Å². The molecule has 0 saturated carbocycles. The van der Waals surface area contributed by atoms with Gasteiger partial charge in [-0.15, -0.1) is 0 Å². The van der Waals surface area contributed by atoms with Gasteiger partial charge in [-0.3, -0.25) is 14.5 Å². The summed E-state index contributed by atoms with van der Waals surface area (Å²) in [6.45, 7) is 2.52. The normalized spacial score (nSPS) is 17.6. The number of aliphatic hydroxyl groups is 2. The molecular weight excluding hydrogens is 592 g/mol. The number of benzene rings is 2. The predicted octanol–water partition coefficient (Wildman–Crippen LogP) is 3.65. The van der Waals surface area contributed by atoms with Crippen LogP contribution in [0.15, 0.2) is 42.5 Å². The quantitative estimate of drug-likeness (QED) is 0.157. The summed E-state index contributed by atoms with van der Waals surface area (Å²) in [7, 11) is 0. The number of hydrogen-bond acceptors (Lipinski definition) is 8. The van der Waals surface area contributed by atoms with Crippen LogP contribution in [0.25, 0.3) is 0 Å². The first kappa shape index (κ1) is 34.7. The van der Waals surface area contributed by atoms with E-state index in [1.165, 1.54) is 24.3 Å². The predicted molar refractivity (Wildman–Crippen MR) is 149 cm³/mol. The van der Waals surface area contributed by atoms with Crippen molar-refractivity contribution in [1.82, 2.24) is 10.2 Å². The van der Waals surface area contributed by atoms with Crippen LogP contribution in [0, 0.1) is 5.82 Å². The van der Waals surface area contributed by atoms with Crippen LogP contribution in [0.3, 0.4) is 0 Å². The molecule has 0 bridgehead atoms. The lowest BCUT2D eigenvalue weighted by Crippen LogP contribution is -2.47. The zero-order valence-electron chi connectivity index (χ0n) is 23.9. The second-order valence-corrected chi connectivity index (χ2v) is 10.5. The Morgan fingerprint density at radius 1 is 0.977 bits per heavy atom. The van der Waals surface area contributed by atoms with E-state index in [2.05, 4.69) is 5.32 Å². The number of aliphatic hydroxyl groups excluding tert-OH is 2. The molecule has 14 heteroatoms. The number of carboxylic acid groups (broad SMARTS) is 1. The Balaban J connectivity index is 0.000000676. The highest BCUT2D eigenvalue weighted by molar-refractivity contribution is 5.95. The highest BCUT2D eigenvalue weighted by Crippen LogP contribution is 2.33. The fraction of sp³-hybridized carbons (Fsp3) is 0.500. The van der Waals surface area contributed by atoms with E-state index in [4.69, 9.17) is 19.4 Å². The molecule has 2 aliphatic rings. The van der Waals surface area contributed by atoms with E-state index in [1.807, 2.05) is 4.90 Å². The molecule has 0 aliphatic carbocycles. The van der Waals surface area contributed by atoms with Crippen LogP contribution in [0.5, 0.6) is 11.5 Å². The Labute approximate surface area is 251 Å². The van der Waals surface area contributed by atoms with Crippen molar-refractivity contribution in [3.63, 3.8) is 0 Å². The van der Waals surface area contributed by atoms with Crippen molar-refractivity contribution in [1.29, 1.82) is 0 Å². The Morgan fingerprint density at radius 3 is 2.23 bits per heavy atom. The van der Waals surface area contributed by atoms with Gasteiger partial charge in [0.2, 0.25) is 5.91 Å². The summed E-state index contributed by atoms with van der Waals surface area (Å²) in [4.78, 5) is 35.9. The van der Waals surface area contributed by atoms with Gasteiger partial charge in [-0.2, -0.15) is 13.2 Å². The standard InChI is InChI=1S/C28H35FN2O6.C2HF3O2/c29-21-9-6-19(7-10-21)24(33)4-2-1-3-5-27(34)30-23(18-31-13-12-22(32)17-31)28(35)20-8-11-25-26(16-20)37-15-14-36-25;3-2(4,5)1(6)7/h6-11,16,22-23,28,32,35H,1-5,12-15,17-18H2,(H,30,34);(H,6,7)/t22-,23?,28+;/m0./s1. The molecule has 2 aromatic carbocycles. The van der Waals surface area contributed by atoms with Crippen molar-refractivity contribution in [2.75, 3.05) is 32.8 Å². The molecule has 1 saturated heterocycles. The number of hydrogen-bond donors (Lipinski definition) is 4. The first-order valence-electron chi connectivity index (χ1n) is 14.2. The van der Waals surface area contributed by atoms with Gasteiger partial charge in [-0.05, 0) is 61.2 Å². The number of ether oxygens (including phenoxy) is 2. The smallest absolute Gasteiger partial charge is 0.486 e. The molecule has 4 rings (SSSR count). The fourth-order valence-corrected chi connectivity index (χ4v) is 4.76. The van der Waals surface area contributed by atoms with Crippen molar-refractivity contribution >= 4 is 17.7 Å². The first-order valence-corrected chi connectivity index (χ1v) is 14.2. The lowest BCUT2D eigenvalue weighted by molar-refractivity contribution is -0.192. The summed E-state index contributed by atoms with van der Waals surface area (Å²) >= 11 is 0. The Morgan fingerprint density at radius 2 is 1.61 bits per heavy atom. The van der Waals surface area contributed by atoms with E-state index in [9.17, 15) is 37.4 Å². The molecule has 242 valence electrons. The molecule has 2 heterocycles. The maximum Gasteiger partial charge on any atom is 0.490 e. The number of carbonyl (C=O) groups is 3. The van der Waals surface area contributed by atoms with E-state index in [-0.39, 0.29) is 23.9 Å². The van der Waals surface area contributed by atoms with Gasteiger partial charge in [0.05, 0.1) is 12.1 Å². The maximum atomic E-state index is 13.0. The zero-order valence-corrected chi connectivity index (χ0v) is 23.9. The lowest BCUT2D eigenvalue weighted by Gasteiger charge is -2.29. The Bertz CT molecular complexity index is 1260. The summed E-state index contributed by atoms with van der Waals surface area (Å²) in [6, 6.07) is 10.2. The summed E-state index contributed by atoms with van der Waals surface area (Å²) in [5.74, 6) is -2.15. The van der Waals surface area contributed by atoms with Crippen molar-refractivity contribution in [3.05, 3.63) is 59.4 Å². The van der Waals surface area contributed by atoms with Gasteiger partial charge in [0, 0.05) is 38.0 Å². The number of aliphatic carboxylic acids is 1. The Kier molecular flexibility index (Phi) is 12.9. The number of nitrogens with zero attached hydrogens (tertiary/aromatic N) is 1. The molecule has 10 nitrogen and oxygen atoms in total. The van der Waals surface area contributed by atoms with Crippen LogP contribution in [0.4, 0.5) is 17.6 Å². The summed E-state index contributed by atoms with van der Waals surface area (Å²) in [5, 5.41) is 31.2. The van der Waals surface area contributed by atoms with Crippen molar-refractivity contribution in [2.24, 2.45) is 0 Å². The van der Waals surface area contributed by atoms with Gasteiger partial charge in [0.1, 0.15) is 25.1 Å². The van der Waals surface area contributed by atoms with Crippen LogP contribution < -0.4 is 14.8 Å². The molecule has 1 unspecified atom stereocenters.